The molecule has 0 radical (unpaired) electrons. The normalized spacial score (nSPS) is 30.0. The summed E-state index contributed by atoms with van der Waals surface area (Å²) in [5.41, 5.74) is 1.28. The first-order chi connectivity index (χ1) is 13.1. The van der Waals surface area contributed by atoms with Gasteiger partial charge in [0.1, 0.15) is 5.75 Å². The van der Waals surface area contributed by atoms with Crippen molar-refractivity contribution in [1.29, 1.82) is 0 Å². The van der Waals surface area contributed by atoms with Gasteiger partial charge in [-0.3, -0.25) is 9.69 Å². The van der Waals surface area contributed by atoms with Crippen molar-refractivity contribution in [2.24, 2.45) is 23.7 Å². The Labute approximate surface area is 160 Å². The van der Waals surface area contributed by atoms with E-state index < -0.39 is 0 Å². The van der Waals surface area contributed by atoms with Crippen molar-refractivity contribution in [1.82, 2.24) is 4.90 Å². The smallest absolute Gasteiger partial charge is 0.311 e. The molecule has 2 unspecified atom stereocenters. The van der Waals surface area contributed by atoms with Gasteiger partial charge in [-0.05, 0) is 65.1 Å². The molecule has 0 aromatic heterocycles. The number of benzene rings is 2. The predicted octanol–water partition coefficient (Wildman–Crippen LogP) is 3.87. The summed E-state index contributed by atoms with van der Waals surface area (Å²) < 4.78 is 11.1. The van der Waals surface area contributed by atoms with Gasteiger partial charge in [0, 0.05) is 19.6 Å². The topological polar surface area (TPSA) is 38.8 Å². The number of carbonyl (C=O) groups excluding carboxylic acids is 1. The van der Waals surface area contributed by atoms with E-state index in [9.17, 15) is 4.79 Å². The molecule has 0 amide bonds. The lowest BCUT2D eigenvalue weighted by atomic mass is 9.99. The molecule has 4 atom stereocenters. The van der Waals surface area contributed by atoms with Crippen molar-refractivity contribution in [3.63, 3.8) is 0 Å². The summed E-state index contributed by atoms with van der Waals surface area (Å²) in [7, 11) is 1.46. The molecule has 2 aliphatic carbocycles. The van der Waals surface area contributed by atoms with Crippen LogP contribution in [0.2, 0.25) is 0 Å². The number of hydrogen-bond acceptors (Lipinski definition) is 4. The van der Waals surface area contributed by atoms with Crippen LogP contribution < -0.4 is 4.74 Å². The summed E-state index contributed by atoms with van der Waals surface area (Å²) in [6.07, 6.45) is 2.86. The Kier molecular flexibility index (Phi) is 4.12. The number of methoxy groups -OCH3 is 1. The standard InChI is InChI=1S/C23H27NO3/c1-14-21-9-20(10-22(14)21)27-19-6-5-16-7-15(3-4-17(16)8-19)11-24-12-18(13-24)23(25)26-2/h3-8,14,18,20-22H,9-13H2,1-2H3/t14?,20?,21-,22+. The second-order valence-corrected chi connectivity index (χ2v) is 8.66. The number of esters is 1. The van der Waals surface area contributed by atoms with Crippen LogP contribution in [-0.4, -0.2) is 37.2 Å². The maximum absolute atomic E-state index is 11.5. The zero-order valence-corrected chi connectivity index (χ0v) is 16.1. The highest BCUT2D eigenvalue weighted by Crippen LogP contribution is 2.57. The maximum atomic E-state index is 11.5. The minimum Gasteiger partial charge on any atom is -0.490 e. The second kappa shape index (κ2) is 6.52. The van der Waals surface area contributed by atoms with E-state index in [1.54, 1.807) is 0 Å². The largest absolute Gasteiger partial charge is 0.490 e. The molecule has 142 valence electrons. The van der Waals surface area contributed by atoms with Gasteiger partial charge in [0.05, 0.1) is 19.1 Å². The van der Waals surface area contributed by atoms with Crippen molar-refractivity contribution in [2.75, 3.05) is 20.2 Å². The molecule has 3 aliphatic rings. The summed E-state index contributed by atoms with van der Waals surface area (Å²) in [6, 6.07) is 13.1. The monoisotopic (exact) mass is 365 g/mol. The summed E-state index contributed by atoms with van der Waals surface area (Å²) in [5.74, 6) is 3.70. The molecule has 4 heteroatoms. The third-order valence-electron chi connectivity index (χ3n) is 6.91. The molecular formula is C23H27NO3. The van der Waals surface area contributed by atoms with Crippen LogP contribution in [0, 0.1) is 23.7 Å². The minimum atomic E-state index is -0.0914. The van der Waals surface area contributed by atoms with Crippen LogP contribution in [0.3, 0.4) is 0 Å². The highest BCUT2D eigenvalue weighted by Gasteiger charge is 2.53. The van der Waals surface area contributed by atoms with Crippen molar-refractivity contribution < 1.29 is 14.3 Å². The Bertz CT molecular complexity index is 861. The summed E-state index contributed by atoms with van der Waals surface area (Å²) >= 11 is 0. The highest BCUT2D eigenvalue weighted by atomic mass is 16.5. The van der Waals surface area contributed by atoms with Crippen LogP contribution in [-0.2, 0) is 16.1 Å². The van der Waals surface area contributed by atoms with Gasteiger partial charge < -0.3 is 9.47 Å². The fourth-order valence-electron chi connectivity index (χ4n) is 5.13. The van der Waals surface area contributed by atoms with Crippen molar-refractivity contribution >= 4 is 16.7 Å². The number of likely N-dealkylation sites (tertiary alicyclic amines) is 1. The number of carbonyl (C=O) groups is 1. The van der Waals surface area contributed by atoms with E-state index in [1.165, 1.54) is 36.3 Å². The first kappa shape index (κ1) is 17.1. The second-order valence-electron chi connectivity index (χ2n) is 8.66. The van der Waals surface area contributed by atoms with Crippen LogP contribution in [0.25, 0.3) is 10.8 Å². The van der Waals surface area contributed by atoms with E-state index in [0.717, 1.165) is 43.1 Å². The molecule has 3 fully saturated rings. The van der Waals surface area contributed by atoms with E-state index in [4.69, 9.17) is 9.47 Å². The molecule has 0 bridgehead atoms. The molecule has 1 heterocycles. The van der Waals surface area contributed by atoms with E-state index in [1.807, 2.05) is 0 Å². The van der Waals surface area contributed by atoms with Crippen LogP contribution in [0.15, 0.2) is 36.4 Å². The molecule has 0 spiro atoms. The van der Waals surface area contributed by atoms with Gasteiger partial charge in [0.15, 0.2) is 0 Å². The Balaban J connectivity index is 1.21. The molecule has 5 rings (SSSR count). The minimum absolute atomic E-state index is 0.0415. The third kappa shape index (κ3) is 3.20. The lowest BCUT2D eigenvalue weighted by Gasteiger charge is -2.37. The quantitative estimate of drug-likeness (QED) is 0.754. The van der Waals surface area contributed by atoms with Crippen molar-refractivity contribution in [2.45, 2.75) is 32.4 Å². The fraction of sp³-hybridized carbons (Fsp3) is 0.522. The number of hydrogen-bond donors (Lipinski definition) is 0. The van der Waals surface area contributed by atoms with Crippen LogP contribution >= 0.6 is 0 Å². The molecule has 1 aliphatic heterocycles. The van der Waals surface area contributed by atoms with Crippen molar-refractivity contribution in [3.8, 4) is 5.75 Å². The average molecular weight is 365 g/mol. The van der Waals surface area contributed by atoms with Crippen molar-refractivity contribution in [3.05, 3.63) is 42.0 Å². The Morgan fingerprint density at radius 2 is 1.78 bits per heavy atom. The first-order valence-corrected chi connectivity index (χ1v) is 10.1. The summed E-state index contributed by atoms with van der Waals surface area (Å²) in [5, 5.41) is 2.47. The number of nitrogens with zero attached hydrogens (tertiary/aromatic N) is 1. The Morgan fingerprint density at radius 1 is 1.07 bits per heavy atom. The number of fused-ring (bicyclic) bond motifs is 2. The van der Waals surface area contributed by atoms with Crippen LogP contribution in [0.5, 0.6) is 5.75 Å². The van der Waals surface area contributed by atoms with Gasteiger partial charge in [0.25, 0.3) is 0 Å². The fourth-order valence-corrected chi connectivity index (χ4v) is 5.13. The van der Waals surface area contributed by atoms with Gasteiger partial charge in [-0.25, -0.2) is 0 Å². The zero-order valence-electron chi connectivity index (χ0n) is 16.1. The number of ether oxygens (including phenoxy) is 2. The molecule has 4 nitrogen and oxygen atoms in total. The maximum Gasteiger partial charge on any atom is 0.311 e. The molecule has 2 aromatic rings. The van der Waals surface area contributed by atoms with Gasteiger partial charge in [-0.1, -0.05) is 25.1 Å². The van der Waals surface area contributed by atoms with Gasteiger partial charge >= 0.3 is 5.97 Å². The predicted molar refractivity (Wildman–Crippen MR) is 105 cm³/mol. The Morgan fingerprint density at radius 3 is 2.52 bits per heavy atom. The molecule has 2 saturated carbocycles. The van der Waals surface area contributed by atoms with E-state index in [2.05, 4.69) is 48.2 Å². The van der Waals surface area contributed by atoms with Crippen LogP contribution in [0.1, 0.15) is 25.3 Å². The van der Waals surface area contributed by atoms with Gasteiger partial charge in [-0.2, -0.15) is 0 Å². The summed E-state index contributed by atoms with van der Waals surface area (Å²) in [6.45, 7) is 4.83. The summed E-state index contributed by atoms with van der Waals surface area (Å²) in [4.78, 5) is 13.8. The third-order valence-corrected chi connectivity index (χ3v) is 6.91. The van der Waals surface area contributed by atoms with Gasteiger partial charge in [-0.15, -0.1) is 0 Å². The van der Waals surface area contributed by atoms with E-state index >= 15 is 0 Å². The lowest BCUT2D eigenvalue weighted by molar-refractivity contribution is -0.151. The molecule has 0 N–H and O–H groups in total. The number of rotatable bonds is 5. The molecule has 2 aromatic carbocycles. The SMILES string of the molecule is COC(=O)C1CN(Cc2ccc3cc(OC4C[C@@H]5C(C)[C@@H]5C4)ccc3c2)C1. The zero-order chi connectivity index (χ0) is 18.5. The van der Waals surface area contributed by atoms with E-state index in [0.29, 0.717) is 6.10 Å². The molecule has 1 saturated heterocycles. The van der Waals surface area contributed by atoms with E-state index in [-0.39, 0.29) is 11.9 Å². The average Bonchev–Trinajstić information content (AvgIpc) is 3.04. The molecular weight excluding hydrogens is 338 g/mol. The Hall–Kier alpha value is -2.07. The molecule has 27 heavy (non-hydrogen) atoms. The highest BCUT2D eigenvalue weighted by molar-refractivity contribution is 5.84. The first-order valence-electron chi connectivity index (χ1n) is 10.1. The lowest BCUT2D eigenvalue weighted by Crippen LogP contribution is -2.49. The van der Waals surface area contributed by atoms with Crippen LogP contribution in [0.4, 0.5) is 0 Å². The van der Waals surface area contributed by atoms with Gasteiger partial charge in [0.2, 0.25) is 0 Å².